The van der Waals surface area contributed by atoms with Gasteiger partial charge in [-0.05, 0) is 41.7 Å². The molecule has 2 aromatic rings. The lowest BCUT2D eigenvalue weighted by molar-refractivity contribution is -0.107. The SMILES string of the molecule is O=CCCCC=Cc1ccc(-c2ccc(Br)cc2)cc1. The van der Waals surface area contributed by atoms with Gasteiger partial charge >= 0.3 is 0 Å². The number of benzene rings is 2. The Kier molecular flexibility index (Phi) is 5.75. The summed E-state index contributed by atoms with van der Waals surface area (Å²) in [7, 11) is 0. The third-order valence-corrected chi connectivity index (χ3v) is 3.62. The Balaban J connectivity index is 1.99. The van der Waals surface area contributed by atoms with Gasteiger partial charge in [-0.25, -0.2) is 0 Å². The summed E-state index contributed by atoms with van der Waals surface area (Å²) in [5.41, 5.74) is 3.63. The van der Waals surface area contributed by atoms with Crippen molar-refractivity contribution in [3.63, 3.8) is 0 Å². The molecular weight excluding hydrogens is 312 g/mol. The number of unbranched alkanes of at least 4 members (excludes halogenated alkanes) is 2. The highest BCUT2D eigenvalue weighted by atomic mass is 79.9. The second-order valence-electron chi connectivity index (χ2n) is 4.63. The van der Waals surface area contributed by atoms with Crippen LogP contribution in [0.4, 0.5) is 0 Å². The van der Waals surface area contributed by atoms with Gasteiger partial charge in [-0.2, -0.15) is 0 Å². The number of halogens is 1. The maximum Gasteiger partial charge on any atom is 0.120 e. The number of hydrogen-bond donors (Lipinski definition) is 0. The van der Waals surface area contributed by atoms with E-state index in [2.05, 4.69) is 76.6 Å². The zero-order valence-corrected chi connectivity index (χ0v) is 12.8. The molecule has 0 spiro atoms. The first-order chi connectivity index (χ1) is 9.79. The first kappa shape index (κ1) is 14.7. The van der Waals surface area contributed by atoms with Crippen LogP contribution in [-0.4, -0.2) is 6.29 Å². The molecule has 0 atom stereocenters. The van der Waals surface area contributed by atoms with Crippen molar-refractivity contribution < 1.29 is 4.79 Å². The lowest BCUT2D eigenvalue weighted by atomic mass is 10.0. The van der Waals surface area contributed by atoms with E-state index in [1.807, 2.05) is 0 Å². The van der Waals surface area contributed by atoms with Crippen molar-refractivity contribution in [1.29, 1.82) is 0 Å². The maximum atomic E-state index is 10.2. The van der Waals surface area contributed by atoms with Crippen LogP contribution in [0, 0.1) is 0 Å². The first-order valence-electron chi connectivity index (χ1n) is 6.76. The Morgan fingerprint density at radius 1 is 0.850 bits per heavy atom. The summed E-state index contributed by atoms with van der Waals surface area (Å²) in [4.78, 5) is 10.2. The molecule has 0 aliphatic rings. The third-order valence-electron chi connectivity index (χ3n) is 3.09. The molecule has 102 valence electrons. The number of carbonyl (C=O) groups is 1. The Morgan fingerprint density at radius 2 is 1.45 bits per heavy atom. The normalized spacial score (nSPS) is 10.8. The molecule has 0 radical (unpaired) electrons. The maximum absolute atomic E-state index is 10.2. The molecule has 0 bridgehead atoms. The molecule has 0 aromatic heterocycles. The number of aldehydes is 1. The molecular formula is C18H17BrO. The largest absolute Gasteiger partial charge is 0.303 e. The summed E-state index contributed by atoms with van der Waals surface area (Å²) < 4.78 is 1.09. The van der Waals surface area contributed by atoms with Crippen molar-refractivity contribution in [3.05, 3.63) is 64.6 Å². The van der Waals surface area contributed by atoms with Gasteiger partial charge in [0.25, 0.3) is 0 Å². The number of rotatable bonds is 6. The fraction of sp³-hybridized carbons (Fsp3) is 0.167. The van der Waals surface area contributed by atoms with E-state index in [1.54, 1.807) is 0 Å². The molecule has 20 heavy (non-hydrogen) atoms. The molecule has 0 aliphatic carbocycles. The molecule has 2 rings (SSSR count). The van der Waals surface area contributed by atoms with Crippen LogP contribution in [0.1, 0.15) is 24.8 Å². The number of carbonyl (C=O) groups excluding carboxylic acids is 1. The van der Waals surface area contributed by atoms with Crippen LogP contribution in [0.3, 0.4) is 0 Å². The van der Waals surface area contributed by atoms with Crippen LogP contribution in [0.15, 0.2) is 59.1 Å². The second kappa shape index (κ2) is 7.81. The van der Waals surface area contributed by atoms with Crippen LogP contribution in [-0.2, 0) is 4.79 Å². The Bertz CT molecular complexity index is 567. The van der Waals surface area contributed by atoms with E-state index in [9.17, 15) is 4.79 Å². The standard InChI is InChI=1S/C18H17BrO/c19-18-12-10-17(11-13-18)16-8-6-15(7-9-16)5-3-1-2-4-14-20/h3,5-14H,1-2,4H2. The van der Waals surface area contributed by atoms with Gasteiger partial charge in [-0.1, -0.05) is 64.5 Å². The smallest absolute Gasteiger partial charge is 0.120 e. The zero-order valence-electron chi connectivity index (χ0n) is 11.3. The van der Waals surface area contributed by atoms with Crippen molar-refractivity contribution in [2.45, 2.75) is 19.3 Å². The quantitative estimate of drug-likeness (QED) is 0.505. The molecule has 1 nitrogen and oxygen atoms in total. The van der Waals surface area contributed by atoms with Gasteiger partial charge < -0.3 is 4.79 Å². The van der Waals surface area contributed by atoms with Crippen LogP contribution in [0.5, 0.6) is 0 Å². The van der Waals surface area contributed by atoms with Gasteiger partial charge in [0.15, 0.2) is 0 Å². The number of allylic oxidation sites excluding steroid dienone is 1. The summed E-state index contributed by atoms with van der Waals surface area (Å²) in [6.45, 7) is 0. The fourth-order valence-corrected chi connectivity index (χ4v) is 2.23. The van der Waals surface area contributed by atoms with Gasteiger partial charge in [0.1, 0.15) is 6.29 Å². The molecule has 2 aromatic carbocycles. The highest BCUT2D eigenvalue weighted by Gasteiger charge is 1.97. The van der Waals surface area contributed by atoms with Crippen LogP contribution in [0.2, 0.25) is 0 Å². The van der Waals surface area contributed by atoms with E-state index in [-0.39, 0.29) is 0 Å². The van der Waals surface area contributed by atoms with E-state index in [4.69, 9.17) is 0 Å². The molecule has 0 fully saturated rings. The average Bonchev–Trinajstić information content (AvgIpc) is 2.49. The van der Waals surface area contributed by atoms with E-state index >= 15 is 0 Å². The predicted octanol–water partition coefficient (Wildman–Crippen LogP) is 5.50. The molecule has 0 unspecified atom stereocenters. The summed E-state index contributed by atoms with van der Waals surface area (Å²) in [6, 6.07) is 16.8. The minimum absolute atomic E-state index is 0.646. The fourth-order valence-electron chi connectivity index (χ4n) is 1.97. The van der Waals surface area contributed by atoms with Crippen LogP contribution >= 0.6 is 15.9 Å². The predicted molar refractivity (Wildman–Crippen MR) is 88.5 cm³/mol. The highest BCUT2D eigenvalue weighted by molar-refractivity contribution is 9.10. The molecule has 0 heterocycles. The summed E-state index contributed by atoms with van der Waals surface area (Å²) in [5, 5.41) is 0. The second-order valence-corrected chi connectivity index (χ2v) is 5.54. The summed E-state index contributed by atoms with van der Waals surface area (Å²) in [6.07, 6.45) is 7.73. The topological polar surface area (TPSA) is 17.1 Å². The van der Waals surface area contributed by atoms with Gasteiger partial charge in [-0.15, -0.1) is 0 Å². The minimum Gasteiger partial charge on any atom is -0.303 e. The van der Waals surface area contributed by atoms with Crippen molar-refractivity contribution in [2.24, 2.45) is 0 Å². The van der Waals surface area contributed by atoms with Crippen LogP contribution in [0.25, 0.3) is 17.2 Å². The lowest BCUT2D eigenvalue weighted by Gasteiger charge is -2.02. The van der Waals surface area contributed by atoms with Crippen molar-refractivity contribution in [1.82, 2.24) is 0 Å². The molecule has 0 saturated carbocycles. The van der Waals surface area contributed by atoms with Crippen molar-refractivity contribution in [3.8, 4) is 11.1 Å². The molecule has 0 saturated heterocycles. The molecule has 0 aliphatic heterocycles. The Morgan fingerprint density at radius 3 is 2.05 bits per heavy atom. The minimum atomic E-state index is 0.646. The van der Waals surface area contributed by atoms with Gasteiger partial charge in [-0.3, -0.25) is 0 Å². The first-order valence-corrected chi connectivity index (χ1v) is 7.55. The molecule has 0 N–H and O–H groups in total. The summed E-state index contributed by atoms with van der Waals surface area (Å²) in [5.74, 6) is 0. The Labute approximate surface area is 128 Å². The average molecular weight is 329 g/mol. The van der Waals surface area contributed by atoms with Gasteiger partial charge in [0, 0.05) is 10.9 Å². The molecule has 0 amide bonds. The van der Waals surface area contributed by atoms with E-state index in [0.29, 0.717) is 6.42 Å². The van der Waals surface area contributed by atoms with E-state index in [1.165, 1.54) is 16.7 Å². The Hall–Kier alpha value is -1.67. The molecule has 2 heteroatoms. The van der Waals surface area contributed by atoms with Gasteiger partial charge in [0.2, 0.25) is 0 Å². The van der Waals surface area contributed by atoms with Crippen molar-refractivity contribution >= 4 is 28.3 Å². The van der Waals surface area contributed by atoms with Gasteiger partial charge in [0.05, 0.1) is 0 Å². The van der Waals surface area contributed by atoms with E-state index < -0.39 is 0 Å². The monoisotopic (exact) mass is 328 g/mol. The van der Waals surface area contributed by atoms with Crippen LogP contribution < -0.4 is 0 Å². The highest BCUT2D eigenvalue weighted by Crippen LogP contribution is 2.22. The lowest BCUT2D eigenvalue weighted by Crippen LogP contribution is -1.79. The summed E-state index contributed by atoms with van der Waals surface area (Å²) >= 11 is 3.44. The number of hydrogen-bond acceptors (Lipinski definition) is 1. The van der Waals surface area contributed by atoms with Crippen molar-refractivity contribution in [2.75, 3.05) is 0 Å². The third kappa shape index (κ3) is 4.46. The zero-order chi connectivity index (χ0) is 14.2. The van der Waals surface area contributed by atoms with E-state index in [0.717, 1.165) is 23.6 Å².